The number of furan rings is 2. The zero-order chi connectivity index (χ0) is 48.3. The average Bonchev–Trinajstić information content (AvgIpc) is 3.98. The Morgan fingerprint density at radius 1 is 0.409 bits per heavy atom. The molecule has 66 heavy (non-hydrogen) atoms. The molecule has 0 amide bonds. The van der Waals surface area contributed by atoms with Crippen LogP contribution in [-0.4, -0.2) is 40.0 Å². The molecule has 0 atom stereocenters. The number of carbonyl (C=O) groups excluding carboxylic acids is 2. The van der Waals surface area contributed by atoms with E-state index in [1.807, 2.05) is 48.5 Å². The van der Waals surface area contributed by atoms with Crippen molar-refractivity contribution in [2.24, 2.45) is 0 Å². The van der Waals surface area contributed by atoms with Crippen molar-refractivity contribution in [1.29, 1.82) is 0 Å². The van der Waals surface area contributed by atoms with Crippen molar-refractivity contribution in [3.05, 3.63) is 164 Å². The molecule has 0 unspecified atom stereocenters. The molecule has 0 radical (unpaired) electrons. The second kappa shape index (κ2) is 17.7. The number of hydrogen-bond acceptors (Lipinski definition) is 8. The molecule has 8 nitrogen and oxygen atoms in total. The van der Waals surface area contributed by atoms with Gasteiger partial charge in [0.1, 0.15) is 34.5 Å². The monoisotopic (exact) mass is 892 g/mol. The predicted molar refractivity (Wildman–Crippen MR) is 262 cm³/mol. The molecule has 2 aromatic heterocycles. The van der Waals surface area contributed by atoms with E-state index < -0.39 is 33.5 Å². The molecule has 1 aliphatic carbocycles. The first-order valence-electron chi connectivity index (χ1n) is 22.9. The number of ketones is 2. The van der Waals surface area contributed by atoms with Crippen LogP contribution in [0.1, 0.15) is 183 Å². The standard InChI is InChI=1S/C58H68O8/c1-55(2,3)33-23-41-39(31-37-19-17-21-65-37)42-24-34(56(4,5)6)29-47(52(42)62-14)50(60)48-30-36(58(10,11)12)26-44(54(48)64-16)40(32-38-20-18-22-66-38)43-25-35(57(7,8)9)28-46(53(43)63-15)49(59)45(27-33)51(41)61-13/h17-30,39-40H,31-32H2,1-16H3. The molecule has 6 aromatic rings. The van der Waals surface area contributed by atoms with Crippen LogP contribution < -0.4 is 18.9 Å². The smallest absolute Gasteiger partial charge is 0.200 e. The summed E-state index contributed by atoms with van der Waals surface area (Å²) in [7, 11) is 6.47. The van der Waals surface area contributed by atoms with Gasteiger partial charge in [0.25, 0.3) is 0 Å². The van der Waals surface area contributed by atoms with E-state index in [0.717, 1.165) is 56.0 Å². The highest BCUT2D eigenvalue weighted by Gasteiger charge is 2.38. The highest BCUT2D eigenvalue weighted by molar-refractivity contribution is 6.14. The molecule has 8 heteroatoms. The molecule has 1 aliphatic rings. The molecule has 0 N–H and O–H groups in total. The molecular weight excluding hydrogens is 825 g/mol. The Bertz CT molecular complexity index is 2420. The van der Waals surface area contributed by atoms with Crippen LogP contribution >= 0.6 is 0 Å². The van der Waals surface area contributed by atoms with Crippen molar-refractivity contribution in [3.8, 4) is 23.0 Å². The second-order valence-corrected chi connectivity index (χ2v) is 21.9. The first-order chi connectivity index (χ1) is 30.9. The number of methoxy groups -OCH3 is 4. The van der Waals surface area contributed by atoms with Crippen LogP contribution in [0.15, 0.2) is 94.2 Å². The number of benzene rings is 4. The SMILES string of the molecule is COc1c2cc(C(C)(C)C)cc1C(Cc1ccco1)c1cc(C(C)(C)C)cc(c1OC)C(=O)c1cc(C(C)(C)C)cc(c1OC)C(Cc1ccco1)c1cc(C(C)(C)C)cc(c1OC)C2=O. The Hall–Kier alpha value is -6.02. The van der Waals surface area contributed by atoms with Crippen LogP contribution in [0.25, 0.3) is 0 Å². The normalized spacial score (nSPS) is 15.8. The summed E-state index contributed by atoms with van der Waals surface area (Å²) >= 11 is 0. The Labute approximate surface area is 392 Å². The highest BCUT2D eigenvalue weighted by Crippen LogP contribution is 2.50. The lowest BCUT2D eigenvalue weighted by Gasteiger charge is -2.32. The van der Waals surface area contributed by atoms with E-state index in [-0.39, 0.29) is 11.6 Å². The maximum absolute atomic E-state index is 16.1. The van der Waals surface area contributed by atoms with E-state index in [4.69, 9.17) is 27.8 Å². The molecule has 348 valence electrons. The molecule has 0 saturated carbocycles. The lowest BCUT2D eigenvalue weighted by molar-refractivity contribution is 0.102. The minimum Gasteiger partial charge on any atom is -0.496 e. The van der Waals surface area contributed by atoms with Crippen molar-refractivity contribution in [2.45, 2.75) is 129 Å². The van der Waals surface area contributed by atoms with E-state index in [1.165, 1.54) is 0 Å². The van der Waals surface area contributed by atoms with Gasteiger partial charge < -0.3 is 27.8 Å². The minimum atomic E-state index is -0.522. The topological polar surface area (TPSA) is 97.3 Å². The van der Waals surface area contributed by atoms with Gasteiger partial charge in [-0.15, -0.1) is 0 Å². The van der Waals surface area contributed by atoms with Crippen LogP contribution in [0.4, 0.5) is 0 Å². The fraction of sp³-hybridized carbons (Fsp3) is 0.414. The van der Waals surface area contributed by atoms with Gasteiger partial charge in [0.2, 0.25) is 11.6 Å². The number of rotatable bonds is 8. The van der Waals surface area contributed by atoms with E-state index >= 15 is 9.59 Å². The Kier molecular flexibility index (Phi) is 12.8. The van der Waals surface area contributed by atoms with Gasteiger partial charge in [-0.1, -0.05) is 107 Å². The number of carbonyl (C=O) groups is 2. The van der Waals surface area contributed by atoms with E-state index in [0.29, 0.717) is 58.1 Å². The first-order valence-corrected chi connectivity index (χ1v) is 22.9. The van der Waals surface area contributed by atoms with Gasteiger partial charge in [-0.05, 0) is 92.4 Å². The summed E-state index contributed by atoms with van der Waals surface area (Å²) in [5.41, 5.74) is 6.77. The largest absolute Gasteiger partial charge is 0.496 e. The summed E-state index contributed by atoms with van der Waals surface area (Å²) in [4.78, 5) is 32.1. The molecule has 0 spiro atoms. The fourth-order valence-electron chi connectivity index (χ4n) is 9.28. The summed E-state index contributed by atoms with van der Waals surface area (Å²) in [6.07, 6.45) is 4.07. The third-order valence-electron chi connectivity index (χ3n) is 13.2. The Morgan fingerprint density at radius 2 is 0.652 bits per heavy atom. The van der Waals surface area contributed by atoms with Gasteiger partial charge >= 0.3 is 0 Å². The van der Waals surface area contributed by atoms with Crippen LogP contribution in [-0.2, 0) is 34.5 Å². The van der Waals surface area contributed by atoms with E-state index in [2.05, 4.69) is 107 Å². The molecule has 2 heterocycles. The van der Waals surface area contributed by atoms with E-state index in [1.54, 1.807) is 41.0 Å². The van der Waals surface area contributed by atoms with Crippen LogP contribution in [0.5, 0.6) is 23.0 Å². The molecule has 0 fully saturated rings. The van der Waals surface area contributed by atoms with E-state index in [9.17, 15) is 0 Å². The molecule has 0 saturated heterocycles. The maximum atomic E-state index is 16.1. The van der Waals surface area contributed by atoms with Gasteiger partial charge in [0.05, 0.1) is 63.2 Å². The van der Waals surface area contributed by atoms with Crippen LogP contribution in [0, 0.1) is 0 Å². The Balaban J connectivity index is 1.77. The highest BCUT2D eigenvalue weighted by atomic mass is 16.5. The van der Waals surface area contributed by atoms with Crippen molar-refractivity contribution < 1.29 is 37.4 Å². The van der Waals surface area contributed by atoms with Crippen molar-refractivity contribution in [2.75, 3.05) is 28.4 Å². The second-order valence-electron chi connectivity index (χ2n) is 21.9. The number of fused-ring (bicyclic) bond motifs is 8. The van der Waals surface area contributed by atoms with Gasteiger partial charge in [-0.2, -0.15) is 0 Å². The number of hydrogen-bond donors (Lipinski definition) is 0. The van der Waals surface area contributed by atoms with Gasteiger partial charge in [-0.25, -0.2) is 0 Å². The summed E-state index contributed by atoms with van der Waals surface area (Å²) in [5, 5.41) is 0. The van der Waals surface area contributed by atoms with Gasteiger partial charge in [0, 0.05) is 46.9 Å². The summed E-state index contributed by atoms with van der Waals surface area (Å²) in [6.45, 7) is 25.7. The van der Waals surface area contributed by atoms with Crippen molar-refractivity contribution in [3.63, 3.8) is 0 Å². The first kappa shape index (κ1) is 47.9. The fourth-order valence-corrected chi connectivity index (χ4v) is 9.28. The van der Waals surface area contributed by atoms with Gasteiger partial charge in [0.15, 0.2) is 0 Å². The maximum Gasteiger partial charge on any atom is 0.200 e. The summed E-state index contributed by atoms with van der Waals surface area (Å²) < 4.78 is 38.2. The molecule has 0 aliphatic heterocycles. The predicted octanol–water partition coefficient (Wildman–Crippen LogP) is 13.6. The molecule has 8 bridgehead atoms. The van der Waals surface area contributed by atoms with Crippen LogP contribution in [0.3, 0.4) is 0 Å². The zero-order valence-corrected chi connectivity index (χ0v) is 41.9. The van der Waals surface area contributed by atoms with Crippen molar-refractivity contribution >= 4 is 11.6 Å². The Morgan fingerprint density at radius 3 is 0.833 bits per heavy atom. The summed E-state index contributed by atoms with van der Waals surface area (Å²) in [5.74, 6) is 1.60. The molecule has 7 rings (SSSR count). The lowest BCUT2D eigenvalue weighted by Crippen LogP contribution is -2.22. The molecule has 4 aromatic carbocycles. The zero-order valence-electron chi connectivity index (χ0n) is 41.9. The minimum absolute atomic E-state index is 0.244. The molecular formula is C58H68O8. The quantitative estimate of drug-likeness (QED) is 0.149. The third-order valence-corrected chi connectivity index (χ3v) is 13.2. The van der Waals surface area contributed by atoms with Gasteiger partial charge in [-0.3, -0.25) is 9.59 Å². The lowest BCUT2D eigenvalue weighted by atomic mass is 9.74. The third kappa shape index (κ3) is 9.08. The van der Waals surface area contributed by atoms with Crippen LogP contribution in [0.2, 0.25) is 0 Å². The average molecular weight is 893 g/mol. The van der Waals surface area contributed by atoms with Crippen molar-refractivity contribution in [1.82, 2.24) is 0 Å². The summed E-state index contributed by atoms with van der Waals surface area (Å²) in [6, 6.07) is 24.1. The number of ether oxygens (including phenoxy) is 4.